The van der Waals surface area contributed by atoms with Gasteiger partial charge >= 0.3 is 0 Å². The van der Waals surface area contributed by atoms with Gasteiger partial charge in [0.1, 0.15) is 17.5 Å². The minimum Gasteiger partial charge on any atom is -0.354 e. The van der Waals surface area contributed by atoms with Crippen molar-refractivity contribution in [2.75, 3.05) is 31.1 Å². The fourth-order valence-electron chi connectivity index (χ4n) is 3.44. The molecule has 0 aliphatic carbocycles. The molecule has 7 heteroatoms. The van der Waals surface area contributed by atoms with E-state index < -0.39 is 0 Å². The summed E-state index contributed by atoms with van der Waals surface area (Å²) in [5, 5.41) is 2.95. The van der Waals surface area contributed by atoms with Gasteiger partial charge in [0, 0.05) is 50.4 Å². The molecule has 156 valence electrons. The highest BCUT2D eigenvalue weighted by Gasteiger charge is 2.26. The van der Waals surface area contributed by atoms with Gasteiger partial charge < -0.3 is 10.2 Å². The second-order valence-electron chi connectivity index (χ2n) is 7.92. The highest BCUT2D eigenvalue weighted by Crippen LogP contribution is 2.19. The minimum absolute atomic E-state index is 0.0113. The van der Waals surface area contributed by atoms with E-state index in [-0.39, 0.29) is 17.8 Å². The van der Waals surface area contributed by atoms with Crippen LogP contribution in [0.5, 0.6) is 0 Å². The van der Waals surface area contributed by atoms with E-state index in [1.165, 1.54) is 12.1 Å². The first-order chi connectivity index (χ1) is 13.8. The molecule has 1 saturated heterocycles. The van der Waals surface area contributed by atoms with Gasteiger partial charge in [-0.05, 0) is 31.5 Å². The third-order valence-electron chi connectivity index (χ3n) is 5.32. The van der Waals surface area contributed by atoms with Crippen LogP contribution in [-0.2, 0) is 11.3 Å². The maximum atomic E-state index is 13.0. The van der Waals surface area contributed by atoms with Crippen molar-refractivity contribution in [3.63, 3.8) is 0 Å². The summed E-state index contributed by atoms with van der Waals surface area (Å²) in [5.74, 6) is 1.85. The molecule has 0 saturated carbocycles. The lowest BCUT2D eigenvalue weighted by molar-refractivity contribution is -0.126. The number of nitrogens with one attached hydrogen (secondary N) is 1. The number of benzene rings is 1. The number of halogens is 1. The first-order valence-corrected chi connectivity index (χ1v) is 10.2. The maximum absolute atomic E-state index is 13.0. The molecule has 0 spiro atoms. The summed E-state index contributed by atoms with van der Waals surface area (Å²) < 4.78 is 13.0. The van der Waals surface area contributed by atoms with Gasteiger partial charge in [-0.3, -0.25) is 9.69 Å². The summed E-state index contributed by atoms with van der Waals surface area (Å²) in [6, 6.07) is 8.01. The van der Waals surface area contributed by atoms with Crippen LogP contribution in [0.3, 0.4) is 0 Å². The van der Waals surface area contributed by atoms with Gasteiger partial charge in [-0.2, -0.15) is 0 Å². The van der Waals surface area contributed by atoms with Crippen LogP contribution in [0.4, 0.5) is 10.2 Å². The van der Waals surface area contributed by atoms with Gasteiger partial charge in [0.2, 0.25) is 5.91 Å². The summed E-state index contributed by atoms with van der Waals surface area (Å²) in [5.41, 5.74) is 1.87. The van der Waals surface area contributed by atoms with Crippen molar-refractivity contribution in [3.8, 4) is 0 Å². The van der Waals surface area contributed by atoms with Crippen LogP contribution in [0.25, 0.3) is 0 Å². The molecule has 3 rings (SSSR count). The molecule has 1 aromatic carbocycles. The Hall–Kier alpha value is -2.54. The molecule has 1 aliphatic heterocycles. The second-order valence-corrected chi connectivity index (χ2v) is 7.92. The Morgan fingerprint density at radius 1 is 1.10 bits per heavy atom. The molecule has 1 unspecified atom stereocenters. The quantitative estimate of drug-likeness (QED) is 0.809. The number of anilines is 1. The molecule has 0 radical (unpaired) electrons. The Balaban J connectivity index is 1.53. The average molecular weight is 400 g/mol. The topological polar surface area (TPSA) is 61.4 Å². The lowest BCUT2D eigenvalue weighted by atomic mass is 10.2. The van der Waals surface area contributed by atoms with Crippen LogP contribution < -0.4 is 10.2 Å². The standard InChI is InChI=1S/C22H30FN5O/c1-15(2)21-25-16(3)13-20(26-21)28-11-9-27(10-12-28)17(4)22(29)24-14-18-5-7-19(23)8-6-18/h5-8,13,15,17H,9-12,14H2,1-4H3,(H,24,29). The smallest absolute Gasteiger partial charge is 0.237 e. The molecule has 29 heavy (non-hydrogen) atoms. The van der Waals surface area contributed by atoms with Gasteiger partial charge in [-0.15, -0.1) is 0 Å². The third-order valence-corrected chi connectivity index (χ3v) is 5.32. The lowest BCUT2D eigenvalue weighted by Crippen LogP contribution is -2.54. The highest BCUT2D eigenvalue weighted by atomic mass is 19.1. The molecule has 1 aromatic heterocycles. The van der Waals surface area contributed by atoms with E-state index in [2.05, 4.69) is 33.9 Å². The van der Waals surface area contributed by atoms with Crippen molar-refractivity contribution < 1.29 is 9.18 Å². The fraction of sp³-hybridized carbons (Fsp3) is 0.500. The number of nitrogens with zero attached hydrogens (tertiary/aromatic N) is 4. The van der Waals surface area contributed by atoms with Crippen molar-refractivity contribution in [3.05, 3.63) is 53.2 Å². The van der Waals surface area contributed by atoms with E-state index in [1.54, 1.807) is 12.1 Å². The molecule has 1 fully saturated rings. The highest BCUT2D eigenvalue weighted by molar-refractivity contribution is 5.81. The Kier molecular flexibility index (Phi) is 6.79. The van der Waals surface area contributed by atoms with Crippen LogP contribution in [0.2, 0.25) is 0 Å². The van der Waals surface area contributed by atoms with Crippen LogP contribution in [-0.4, -0.2) is 53.0 Å². The number of aromatic nitrogens is 2. The molecule has 1 amide bonds. The van der Waals surface area contributed by atoms with Crippen LogP contribution in [0, 0.1) is 12.7 Å². The number of piperazine rings is 1. The van der Waals surface area contributed by atoms with Crippen LogP contribution >= 0.6 is 0 Å². The van der Waals surface area contributed by atoms with E-state index in [9.17, 15) is 9.18 Å². The lowest BCUT2D eigenvalue weighted by Gasteiger charge is -2.38. The van der Waals surface area contributed by atoms with Crippen molar-refractivity contribution in [1.29, 1.82) is 0 Å². The molecular weight excluding hydrogens is 369 g/mol. The van der Waals surface area contributed by atoms with Gasteiger partial charge in [0.05, 0.1) is 6.04 Å². The Bertz CT molecular complexity index is 832. The monoisotopic (exact) mass is 399 g/mol. The number of aryl methyl sites for hydroxylation is 1. The zero-order valence-electron chi connectivity index (χ0n) is 17.7. The number of carbonyl (C=O) groups is 1. The second kappa shape index (κ2) is 9.31. The maximum Gasteiger partial charge on any atom is 0.237 e. The van der Waals surface area contributed by atoms with Crippen molar-refractivity contribution in [1.82, 2.24) is 20.2 Å². The predicted octanol–water partition coefficient (Wildman–Crippen LogP) is 2.87. The number of rotatable bonds is 6. The number of hydrogen-bond donors (Lipinski definition) is 1. The summed E-state index contributed by atoms with van der Waals surface area (Å²) in [4.78, 5) is 26.2. The Labute approximate surface area is 172 Å². The minimum atomic E-state index is -0.272. The summed E-state index contributed by atoms with van der Waals surface area (Å²) in [6.07, 6.45) is 0. The van der Waals surface area contributed by atoms with Crippen LogP contribution in [0.1, 0.15) is 43.8 Å². The predicted molar refractivity (Wildman–Crippen MR) is 112 cm³/mol. The zero-order valence-corrected chi connectivity index (χ0v) is 17.7. The molecule has 1 aliphatic rings. The average Bonchev–Trinajstić information content (AvgIpc) is 2.72. The number of hydrogen-bond acceptors (Lipinski definition) is 5. The Morgan fingerprint density at radius 2 is 1.76 bits per heavy atom. The van der Waals surface area contributed by atoms with E-state index in [4.69, 9.17) is 4.98 Å². The molecule has 2 heterocycles. The number of amides is 1. The zero-order chi connectivity index (χ0) is 21.0. The van der Waals surface area contributed by atoms with Gasteiger partial charge in [0.15, 0.2) is 0 Å². The molecule has 1 N–H and O–H groups in total. The van der Waals surface area contributed by atoms with E-state index in [0.29, 0.717) is 12.5 Å². The van der Waals surface area contributed by atoms with Gasteiger partial charge in [-0.25, -0.2) is 14.4 Å². The molecule has 6 nitrogen and oxygen atoms in total. The van der Waals surface area contributed by atoms with Crippen molar-refractivity contribution in [2.24, 2.45) is 0 Å². The van der Waals surface area contributed by atoms with Crippen LogP contribution in [0.15, 0.2) is 30.3 Å². The van der Waals surface area contributed by atoms with Crippen molar-refractivity contribution >= 4 is 11.7 Å². The van der Waals surface area contributed by atoms with Gasteiger partial charge in [0.25, 0.3) is 0 Å². The largest absolute Gasteiger partial charge is 0.354 e. The van der Waals surface area contributed by atoms with Gasteiger partial charge in [-0.1, -0.05) is 26.0 Å². The number of carbonyl (C=O) groups excluding carboxylic acids is 1. The summed E-state index contributed by atoms with van der Waals surface area (Å²) >= 11 is 0. The molecule has 2 aromatic rings. The summed E-state index contributed by atoms with van der Waals surface area (Å²) in [7, 11) is 0. The van der Waals surface area contributed by atoms with E-state index in [1.807, 2.05) is 19.9 Å². The molecule has 1 atom stereocenters. The van der Waals surface area contributed by atoms with Crippen molar-refractivity contribution in [2.45, 2.75) is 46.2 Å². The third kappa shape index (κ3) is 5.50. The Morgan fingerprint density at radius 3 is 2.38 bits per heavy atom. The first kappa shape index (κ1) is 21.2. The molecular formula is C22H30FN5O. The first-order valence-electron chi connectivity index (χ1n) is 10.2. The molecule has 0 bridgehead atoms. The SMILES string of the molecule is Cc1cc(N2CCN(C(C)C(=O)NCc3ccc(F)cc3)CC2)nc(C(C)C)n1. The summed E-state index contributed by atoms with van der Waals surface area (Å²) in [6.45, 7) is 11.8. The normalized spacial score (nSPS) is 16.1. The fourth-order valence-corrected chi connectivity index (χ4v) is 3.44. The van der Waals surface area contributed by atoms with E-state index in [0.717, 1.165) is 49.1 Å². The van der Waals surface area contributed by atoms with E-state index >= 15 is 0 Å².